The molecule has 1 unspecified atom stereocenters. The van der Waals surface area contributed by atoms with E-state index in [2.05, 4.69) is 4.90 Å². The lowest BCUT2D eigenvalue weighted by molar-refractivity contribution is -0.155. The van der Waals surface area contributed by atoms with E-state index in [0.717, 1.165) is 13.1 Å². The predicted octanol–water partition coefficient (Wildman–Crippen LogP) is -1.35. The Kier molecular flexibility index (Phi) is 4.70. The zero-order valence-corrected chi connectivity index (χ0v) is 9.81. The molecule has 0 saturated carbocycles. The number of esters is 1. The third kappa shape index (κ3) is 2.93. The standard InChI is InChI=1S/C10H19N3O3/c1-8(14)13-6-5-12(4-3-11)7-9(13)10(15)16-2/h9H,3-7,11H2,1-2H3. The first-order chi connectivity index (χ1) is 7.60. The number of methoxy groups -OCH3 is 1. The third-order valence-corrected chi connectivity index (χ3v) is 2.79. The molecule has 0 radical (unpaired) electrons. The van der Waals surface area contributed by atoms with Crippen molar-refractivity contribution in [3.63, 3.8) is 0 Å². The fraction of sp³-hybridized carbons (Fsp3) is 0.800. The van der Waals surface area contributed by atoms with E-state index >= 15 is 0 Å². The number of hydrogen-bond acceptors (Lipinski definition) is 5. The number of nitrogens with two attached hydrogens (primary N) is 1. The summed E-state index contributed by atoms with van der Waals surface area (Å²) in [6.45, 7) is 4.56. The molecule has 0 aromatic rings. The van der Waals surface area contributed by atoms with Gasteiger partial charge in [-0.25, -0.2) is 4.79 Å². The van der Waals surface area contributed by atoms with Gasteiger partial charge in [0.2, 0.25) is 5.91 Å². The zero-order chi connectivity index (χ0) is 12.1. The Morgan fingerprint density at radius 3 is 2.62 bits per heavy atom. The van der Waals surface area contributed by atoms with Crippen LogP contribution in [0.5, 0.6) is 0 Å². The van der Waals surface area contributed by atoms with Crippen LogP contribution in [0.1, 0.15) is 6.92 Å². The van der Waals surface area contributed by atoms with Crippen molar-refractivity contribution in [1.29, 1.82) is 0 Å². The highest BCUT2D eigenvalue weighted by atomic mass is 16.5. The third-order valence-electron chi connectivity index (χ3n) is 2.79. The summed E-state index contributed by atoms with van der Waals surface area (Å²) in [7, 11) is 1.34. The minimum atomic E-state index is -0.497. The van der Waals surface area contributed by atoms with Crippen LogP contribution >= 0.6 is 0 Å². The van der Waals surface area contributed by atoms with Crippen LogP contribution in [0, 0.1) is 0 Å². The number of rotatable bonds is 3. The Labute approximate surface area is 95.3 Å². The van der Waals surface area contributed by atoms with Gasteiger partial charge in [-0.15, -0.1) is 0 Å². The van der Waals surface area contributed by atoms with Gasteiger partial charge in [-0.2, -0.15) is 0 Å². The van der Waals surface area contributed by atoms with Crippen molar-refractivity contribution in [2.24, 2.45) is 5.73 Å². The van der Waals surface area contributed by atoms with Crippen molar-refractivity contribution in [3.05, 3.63) is 0 Å². The molecular weight excluding hydrogens is 210 g/mol. The minimum Gasteiger partial charge on any atom is -0.467 e. The van der Waals surface area contributed by atoms with Gasteiger partial charge in [-0.05, 0) is 0 Å². The van der Waals surface area contributed by atoms with Crippen LogP contribution in [0.25, 0.3) is 0 Å². The number of amides is 1. The predicted molar refractivity (Wildman–Crippen MR) is 58.7 cm³/mol. The van der Waals surface area contributed by atoms with Crippen molar-refractivity contribution >= 4 is 11.9 Å². The molecule has 1 rings (SSSR count). The van der Waals surface area contributed by atoms with Crippen LogP contribution < -0.4 is 5.73 Å². The summed E-state index contributed by atoms with van der Waals surface area (Å²) in [5.74, 6) is -0.459. The van der Waals surface area contributed by atoms with Crippen molar-refractivity contribution in [1.82, 2.24) is 9.80 Å². The lowest BCUT2D eigenvalue weighted by atomic mass is 10.1. The van der Waals surface area contributed by atoms with Gasteiger partial charge < -0.3 is 15.4 Å². The van der Waals surface area contributed by atoms with E-state index in [1.807, 2.05) is 0 Å². The zero-order valence-electron chi connectivity index (χ0n) is 9.81. The topological polar surface area (TPSA) is 75.9 Å². The van der Waals surface area contributed by atoms with Gasteiger partial charge in [-0.1, -0.05) is 0 Å². The first kappa shape index (κ1) is 12.9. The van der Waals surface area contributed by atoms with Gasteiger partial charge in [0.25, 0.3) is 0 Å². The van der Waals surface area contributed by atoms with Crippen molar-refractivity contribution < 1.29 is 14.3 Å². The molecule has 1 aliphatic rings. The van der Waals surface area contributed by atoms with E-state index in [9.17, 15) is 9.59 Å². The van der Waals surface area contributed by atoms with Crippen LogP contribution in [0.2, 0.25) is 0 Å². The van der Waals surface area contributed by atoms with Gasteiger partial charge in [0.05, 0.1) is 7.11 Å². The molecule has 92 valence electrons. The summed E-state index contributed by atoms with van der Waals surface area (Å²) in [5, 5.41) is 0. The van der Waals surface area contributed by atoms with E-state index in [-0.39, 0.29) is 11.9 Å². The van der Waals surface area contributed by atoms with Gasteiger partial charge in [0.1, 0.15) is 6.04 Å². The van der Waals surface area contributed by atoms with E-state index in [1.165, 1.54) is 14.0 Å². The summed E-state index contributed by atoms with van der Waals surface area (Å²) in [5.41, 5.74) is 5.47. The normalized spacial score (nSPS) is 21.9. The fourth-order valence-corrected chi connectivity index (χ4v) is 1.94. The average Bonchev–Trinajstić information content (AvgIpc) is 2.28. The first-order valence-corrected chi connectivity index (χ1v) is 5.37. The van der Waals surface area contributed by atoms with Crippen LogP contribution in [0.4, 0.5) is 0 Å². The monoisotopic (exact) mass is 229 g/mol. The number of piperazine rings is 1. The van der Waals surface area contributed by atoms with Crippen LogP contribution in [0.3, 0.4) is 0 Å². The summed E-state index contributed by atoms with van der Waals surface area (Å²) in [4.78, 5) is 26.6. The second-order valence-corrected chi connectivity index (χ2v) is 3.84. The molecule has 1 atom stereocenters. The molecule has 0 spiro atoms. The van der Waals surface area contributed by atoms with Crippen molar-refractivity contribution in [3.8, 4) is 0 Å². The summed E-state index contributed by atoms with van der Waals surface area (Å²) in [6.07, 6.45) is 0. The Bertz CT molecular complexity index is 270. The van der Waals surface area contributed by atoms with Gasteiger partial charge >= 0.3 is 5.97 Å². The molecule has 0 aromatic carbocycles. The van der Waals surface area contributed by atoms with Gasteiger partial charge in [0.15, 0.2) is 0 Å². The Morgan fingerprint density at radius 1 is 1.44 bits per heavy atom. The highest BCUT2D eigenvalue weighted by Gasteiger charge is 2.34. The van der Waals surface area contributed by atoms with Crippen LogP contribution in [-0.4, -0.2) is 67.6 Å². The van der Waals surface area contributed by atoms with Crippen molar-refractivity contribution in [2.75, 3.05) is 39.8 Å². The molecule has 0 aliphatic carbocycles. The molecule has 16 heavy (non-hydrogen) atoms. The Balaban J connectivity index is 2.69. The maximum atomic E-state index is 11.6. The largest absolute Gasteiger partial charge is 0.467 e. The number of carbonyl (C=O) groups excluding carboxylic acids is 2. The second kappa shape index (κ2) is 5.81. The number of nitrogens with zero attached hydrogens (tertiary/aromatic N) is 2. The summed E-state index contributed by atoms with van der Waals surface area (Å²) < 4.78 is 4.71. The fourth-order valence-electron chi connectivity index (χ4n) is 1.94. The van der Waals surface area contributed by atoms with Crippen molar-refractivity contribution in [2.45, 2.75) is 13.0 Å². The van der Waals surface area contributed by atoms with Crippen LogP contribution in [0.15, 0.2) is 0 Å². The first-order valence-electron chi connectivity index (χ1n) is 5.37. The molecule has 0 bridgehead atoms. The highest BCUT2D eigenvalue weighted by molar-refractivity contribution is 5.83. The number of hydrogen-bond donors (Lipinski definition) is 1. The second-order valence-electron chi connectivity index (χ2n) is 3.84. The smallest absolute Gasteiger partial charge is 0.329 e. The maximum Gasteiger partial charge on any atom is 0.329 e. The van der Waals surface area contributed by atoms with E-state index in [4.69, 9.17) is 10.5 Å². The quantitative estimate of drug-likeness (QED) is 0.606. The highest BCUT2D eigenvalue weighted by Crippen LogP contribution is 2.11. The maximum absolute atomic E-state index is 11.6. The summed E-state index contributed by atoms with van der Waals surface area (Å²) >= 11 is 0. The van der Waals surface area contributed by atoms with E-state index in [0.29, 0.717) is 19.6 Å². The molecule has 1 amide bonds. The lowest BCUT2D eigenvalue weighted by Gasteiger charge is -2.39. The van der Waals surface area contributed by atoms with Crippen LogP contribution in [-0.2, 0) is 14.3 Å². The average molecular weight is 229 g/mol. The Hall–Kier alpha value is -1.14. The molecule has 6 heteroatoms. The number of ether oxygens (including phenoxy) is 1. The summed E-state index contributed by atoms with van der Waals surface area (Å²) in [6, 6.07) is -0.497. The van der Waals surface area contributed by atoms with E-state index < -0.39 is 6.04 Å². The molecule has 6 nitrogen and oxygen atoms in total. The molecular formula is C10H19N3O3. The molecule has 1 fully saturated rings. The van der Waals surface area contributed by atoms with E-state index in [1.54, 1.807) is 4.90 Å². The number of carbonyl (C=O) groups is 2. The molecule has 0 aromatic heterocycles. The minimum absolute atomic E-state index is 0.0946. The SMILES string of the molecule is COC(=O)C1CN(CCN)CCN1C(C)=O. The Morgan fingerprint density at radius 2 is 2.12 bits per heavy atom. The molecule has 1 heterocycles. The lowest BCUT2D eigenvalue weighted by Crippen LogP contribution is -2.58. The molecule has 1 saturated heterocycles. The van der Waals surface area contributed by atoms with Gasteiger partial charge in [-0.3, -0.25) is 9.69 Å². The molecule has 2 N–H and O–H groups in total. The van der Waals surface area contributed by atoms with Gasteiger partial charge in [0, 0.05) is 39.6 Å². The molecule has 1 aliphatic heterocycles.